The van der Waals surface area contributed by atoms with E-state index < -0.39 is 0 Å². The van der Waals surface area contributed by atoms with Crippen molar-refractivity contribution in [2.75, 3.05) is 20.1 Å². The Kier molecular flexibility index (Phi) is 5.95. The van der Waals surface area contributed by atoms with Crippen molar-refractivity contribution in [2.45, 2.75) is 39.8 Å². The van der Waals surface area contributed by atoms with E-state index in [-0.39, 0.29) is 0 Å². The summed E-state index contributed by atoms with van der Waals surface area (Å²) in [7, 11) is 2.19. The van der Waals surface area contributed by atoms with E-state index in [9.17, 15) is 0 Å². The Hall–Kier alpha value is -0.450. The first kappa shape index (κ1) is 13.6. The second kappa shape index (κ2) is 6.99. The third-order valence-corrected chi connectivity index (χ3v) is 3.87. The highest BCUT2D eigenvalue weighted by Crippen LogP contribution is 2.10. The molecule has 0 fully saturated rings. The standard InChI is InChI=1S/C12H23N3S/c1-5-10(2)15(4)7-6-13-8-12-9-14-11(3)16-12/h9-10,13H,5-8H2,1-4H3. The summed E-state index contributed by atoms with van der Waals surface area (Å²) in [4.78, 5) is 7.96. The predicted molar refractivity (Wildman–Crippen MR) is 70.9 cm³/mol. The minimum absolute atomic E-state index is 0.674. The fourth-order valence-electron chi connectivity index (χ4n) is 1.49. The van der Waals surface area contributed by atoms with E-state index in [1.807, 2.05) is 13.1 Å². The second-order valence-corrected chi connectivity index (χ2v) is 5.58. The summed E-state index contributed by atoms with van der Waals surface area (Å²) < 4.78 is 0. The maximum absolute atomic E-state index is 4.24. The highest BCUT2D eigenvalue weighted by Gasteiger charge is 2.05. The molecule has 0 saturated heterocycles. The monoisotopic (exact) mass is 241 g/mol. The molecule has 3 nitrogen and oxygen atoms in total. The average molecular weight is 241 g/mol. The smallest absolute Gasteiger partial charge is 0.0897 e. The number of aromatic nitrogens is 1. The van der Waals surface area contributed by atoms with Crippen molar-refractivity contribution in [2.24, 2.45) is 0 Å². The maximum atomic E-state index is 4.24. The zero-order chi connectivity index (χ0) is 12.0. The van der Waals surface area contributed by atoms with Crippen molar-refractivity contribution >= 4 is 11.3 Å². The molecule has 1 atom stereocenters. The van der Waals surface area contributed by atoms with Crippen LogP contribution in [0.2, 0.25) is 0 Å². The molecule has 0 amide bonds. The van der Waals surface area contributed by atoms with E-state index in [1.165, 1.54) is 11.3 Å². The number of likely N-dealkylation sites (N-methyl/N-ethyl adjacent to an activating group) is 1. The van der Waals surface area contributed by atoms with E-state index in [0.29, 0.717) is 6.04 Å². The summed E-state index contributed by atoms with van der Waals surface area (Å²) in [6.07, 6.45) is 3.18. The minimum Gasteiger partial charge on any atom is -0.311 e. The van der Waals surface area contributed by atoms with Crippen LogP contribution in [-0.2, 0) is 6.54 Å². The molecule has 1 N–H and O–H groups in total. The van der Waals surface area contributed by atoms with E-state index in [0.717, 1.165) is 24.6 Å². The molecule has 16 heavy (non-hydrogen) atoms. The first-order valence-corrected chi connectivity index (χ1v) is 6.77. The van der Waals surface area contributed by atoms with Gasteiger partial charge in [0.05, 0.1) is 5.01 Å². The van der Waals surface area contributed by atoms with Gasteiger partial charge in [-0.3, -0.25) is 0 Å². The minimum atomic E-state index is 0.674. The van der Waals surface area contributed by atoms with Gasteiger partial charge in [-0.05, 0) is 27.3 Å². The van der Waals surface area contributed by atoms with E-state index in [2.05, 4.69) is 36.1 Å². The van der Waals surface area contributed by atoms with Crippen molar-refractivity contribution in [1.29, 1.82) is 0 Å². The van der Waals surface area contributed by atoms with Gasteiger partial charge in [-0.15, -0.1) is 11.3 Å². The van der Waals surface area contributed by atoms with Crippen molar-refractivity contribution in [3.8, 4) is 0 Å². The van der Waals surface area contributed by atoms with E-state index in [4.69, 9.17) is 0 Å². The molecule has 1 aromatic rings. The molecule has 0 aliphatic rings. The lowest BCUT2D eigenvalue weighted by molar-refractivity contribution is 0.252. The topological polar surface area (TPSA) is 28.2 Å². The van der Waals surface area contributed by atoms with E-state index >= 15 is 0 Å². The van der Waals surface area contributed by atoms with Crippen LogP contribution in [0.5, 0.6) is 0 Å². The van der Waals surface area contributed by atoms with Gasteiger partial charge in [0.2, 0.25) is 0 Å². The summed E-state index contributed by atoms with van der Waals surface area (Å²) in [6.45, 7) is 9.64. The number of aryl methyl sites for hydroxylation is 1. The first-order valence-electron chi connectivity index (χ1n) is 5.95. The zero-order valence-electron chi connectivity index (χ0n) is 10.8. The summed E-state index contributed by atoms with van der Waals surface area (Å²) in [5.41, 5.74) is 0. The van der Waals surface area contributed by atoms with Gasteiger partial charge in [0.25, 0.3) is 0 Å². The molecule has 1 unspecified atom stereocenters. The van der Waals surface area contributed by atoms with Gasteiger partial charge in [-0.1, -0.05) is 6.92 Å². The molecule has 0 saturated carbocycles. The maximum Gasteiger partial charge on any atom is 0.0897 e. The molecule has 1 rings (SSSR count). The number of thiazole rings is 1. The van der Waals surface area contributed by atoms with Crippen LogP contribution in [0.1, 0.15) is 30.2 Å². The van der Waals surface area contributed by atoms with Crippen molar-refractivity contribution < 1.29 is 0 Å². The van der Waals surface area contributed by atoms with Gasteiger partial charge in [0.15, 0.2) is 0 Å². The van der Waals surface area contributed by atoms with Crippen LogP contribution in [0.3, 0.4) is 0 Å². The highest BCUT2D eigenvalue weighted by molar-refractivity contribution is 7.11. The Morgan fingerprint density at radius 1 is 1.56 bits per heavy atom. The fraction of sp³-hybridized carbons (Fsp3) is 0.750. The first-order chi connectivity index (χ1) is 7.63. The van der Waals surface area contributed by atoms with Crippen LogP contribution in [0.4, 0.5) is 0 Å². The SMILES string of the molecule is CCC(C)N(C)CCNCc1cnc(C)s1. The van der Waals surface area contributed by atoms with Crippen LogP contribution in [-0.4, -0.2) is 36.1 Å². The molecule has 4 heteroatoms. The van der Waals surface area contributed by atoms with Crippen LogP contribution >= 0.6 is 11.3 Å². The fourth-order valence-corrected chi connectivity index (χ4v) is 2.25. The number of nitrogens with one attached hydrogen (secondary N) is 1. The molecule has 0 spiro atoms. The van der Waals surface area contributed by atoms with Gasteiger partial charge in [-0.25, -0.2) is 4.98 Å². The Morgan fingerprint density at radius 2 is 2.31 bits per heavy atom. The lowest BCUT2D eigenvalue weighted by atomic mass is 10.2. The van der Waals surface area contributed by atoms with Crippen LogP contribution in [0.25, 0.3) is 0 Å². The summed E-state index contributed by atoms with van der Waals surface area (Å²) in [5, 5.41) is 4.60. The molecular formula is C12H23N3S. The largest absolute Gasteiger partial charge is 0.311 e. The van der Waals surface area contributed by atoms with Gasteiger partial charge >= 0.3 is 0 Å². The van der Waals surface area contributed by atoms with Gasteiger partial charge < -0.3 is 10.2 Å². The summed E-state index contributed by atoms with van der Waals surface area (Å²) in [6, 6.07) is 0.674. The van der Waals surface area contributed by atoms with E-state index in [1.54, 1.807) is 11.3 Å². The summed E-state index contributed by atoms with van der Waals surface area (Å²) >= 11 is 1.77. The predicted octanol–water partition coefficient (Wildman–Crippen LogP) is 2.27. The average Bonchev–Trinajstić information content (AvgIpc) is 2.69. The molecule has 92 valence electrons. The molecule has 0 radical (unpaired) electrons. The van der Waals surface area contributed by atoms with Gasteiger partial charge in [0.1, 0.15) is 0 Å². The normalized spacial score (nSPS) is 13.3. The Balaban J connectivity index is 2.12. The number of hydrogen-bond acceptors (Lipinski definition) is 4. The lowest BCUT2D eigenvalue weighted by Gasteiger charge is -2.23. The van der Waals surface area contributed by atoms with Crippen LogP contribution < -0.4 is 5.32 Å². The highest BCUT2D eigenvalue weighted by atomic mass is 32.1. The van der Waals surface area contributed by atoms with Crippen molar-refractivity contribution in [1.82, 2.24) is 15.2 Å². The molecule has 0 bridgehead atoms. The van der Waals surface area contributed by atoms with Gasteiger partial charge in [-0.2, -0.15) is 0 Å². The molecule has 0 aromatic carbocycles. The van der Waals surface area contributed by atoms with Crippen molar-refractivity contribution in [3.05, 3.63) is 16.1 Å². The molecule has 1 aromatic heterocycles. The number of nitrogens with zero attached hydrogens (tertiary/aromatic N) is 2. The van der Waals surface area contributed by atoms with Crippen molar-refractivity contribution in [3.63, 3.8) is 0 Å². The third-order valence-electron chi connectivity index (χ3n) is 2.95. The molecule has 1 heterocycles. The molecular weight excluding hydrogens is 218 g/mol. The number of hydrogen-bond donors (Lipinski definition) is 1. The third kappa shape index (κ3) is 4.60. The molecule has 0 aliphatic carbocycles. The zero-order valence-corrected chi connectivity index (χ0v) is 11.6. The Morgan fingerprint density at radius 3 is 2.88 bits per heavy atom. The quantitative estimate of drug-likeness (QED) is 0.742. The van der Waals surface area contributed by atoms with Crippen LogP contribution in [0.15, 0.2) is 6.20 Å². The summed E-state index contributed by atoms with van der Waals surface area (Å²) in [5.74, 6) is 0. The molecule has 0 aliphatic heterocycles. The van der Waals surface area contributed by atoms with Crippen LogP contribution in [0, 0.1) is 6.92 Å². The number of rotatable bonds is 7. The lowest BCUT2D eigenvalue weighted by Crippen LogP contribution is -2.34. The second-order valence-electron chi connectivity index (χ2n) is 4.26. The van der Waals surface area contributed by atoms with Gasteiger partial charge in [0, 0.05) is 36.8 Å². The Bertz CT molecular complexity index is 298. The Labute approximate surface area is 103 Å².